The van der Waals surface area contributed by atoms with Crippen LogP contribution in [0.3, 0.4) is 0 Å². The number of thioether (sulfide) groups is 1. The first-order valence-corrected chi connectivity index (χ1v) is 15.4. The molecule has 200 valence electrons. The van der Waals surface area contributed by atoms with Gasteiger partial charge in [0.05, 0.1) is 16.2 Å². The van der Waals surface area contributed by atoms with Crippen molar-refractivity contribution in [3.05, 3.63) is 96.0 Å². The number of hydrogen-bond acceptors (Lipinski definition) is 9. The van der Waals surface area contributed by atoms with E-state index in [1.807, 2.05) is 42.5 Å². The fourth-order valence-electron chi connectivity index (χ4n) is 4.17. The molecule has 0 atom stereocenters. The third-order valence-electron chi connectivity index (χ3n) is 5.97. The van der Waals surface area contributed by atoms with Crippen LogP contribution in [0.15, 0.2) is 100 Å². The highest BCUT2D eigenvalue weighted by molar-refractivity contribution is 7.99. The number of rotatable bonds is 9. The van der Waals surface area contributed by atoms with E-state index in [0.717, 1.165) is 16.5 Å². The molecule has 0 spiro atoms. The summed E-state index contributed by atoms with van der Waals surface area (Å²) in [7, 11) is -3.77. The lowest BCUT2D eigenvalue weighted by Crippen LogP contribution is -2.15. The van der Waals surface area contributed by atoms with Gasteiger partial charge in [0.1, 0.15) is 5.52 Å². The number of benzene rings is 3. The quantitative estimate of drug-likeness (QED) is 0.226. The molecule has 0 saturated carbocycles. The molecule has 0 unspecified atom stereocenters. The lowest BCUT2D eigenvalue weighted by atomic mass is 10.2. The molecule has 6 aromatic rings. The molecule has 0 fully saturated rings. The smallest absolute Gasteiger partial charge is 0.263 e. The molecule has 40 heavy (non-hydrogen) atoms. The number of sulfonamides is 1. The molecule has 6 rings (SSSR count). The second-order valence-electron chi connectivity index (χ2n) is 8.66. The number of carbonyl (C=O) groups excluding carboxylic acids is 1. The zero-order valence-corrected chi connectivity index (χ0v) is 23.2. The van der Waals surface area contributed by atoms with Crippen molar-refractivity contribution in [3.8, 4) is 0 Å². The minimum atomic E-state index is -3.77. The molecule has 3 heterocycles. The van der Waals surface area contributed by atoms with E-state index in [1.165, 1.54) is 53.6 Å². The highest BCUT2D eigenvalue weighted by Gasteiger charge is 2.17. The summed E-state index contributed by atoms with van der Waals surface area (Å²) in [5.41, 5.74) is 4.02. The van der Waals surface area contributed by atoms with E-state index in [9.17, 15) is 13.2 Å². The van der Waals surface area contributed by atoms with Crippen LogP contribution in [0.1, 0.15) is 5.56 Å². The summed E-state index contributed by atoms with van der Waals surface area (Å²) in [6, 6.07) is 24.0. The van der Waals surface area contributed by atoms with Gasteiger partial charge in [-0.15, -0.1) is 21.5 Å². The lowest BCUT2D eigenvalue weighted by molar-refractivity contribution is -0.113. The number of carbonyl (C=O) groups is 1. The molecule has 0 aliphatic carbocycles. The molecule has 3 aromatic carbocycles. The van der Waals surface area contributed by atoms with Gasteiger partial charge < -0.3 is 9.88 Å². The lowest BCUT2D eigenvalue weighted by Gasteiger charge is -2.08. The monoisotopic (exact) mass is 587 g/mol. The maximum Gasteiger partial charge on any atom is 0.263 e. The maximum absolute atomic E-state index is 12.6. The topological polar surface area (TPSA) is 132 Å². The highest BCUT2D eigenvalue weighted by atomic mass is 32.2. The zero-order valence-electron chi connectivity index (χ0n) is 20.8. The third kappa shape index (κ3) is 5.52. The minimum Gasteiger partial charge on any atom is -0.325 e. The van der Waals surface area contributed by atoms with Gasteiger partial charge in [-0.3, -0.25) is 9.52 Å². The number of hydrogen-bond donors (Lipinski definition) is 2. The summed E-state index contributed by atoms with van der Waals surface area (Å²) >= 11 is 2.36. The second kappa shape index (κ2) is 11.0. The van der Waals surface area contributed by atoms with Gasteiger partial charge in [-0.1, -0.05) is 60.3 Å². The van der Waals surface area contributed by atoms with Gasteiger partial charge in [-0.05, 0) is 35.9 Å². The Bertz CT molecular complexity index is 1910. The predicted molar refractivity (Wildman–Crippen MR) is 157 cm³/mol. The first-order valence-electron chi connectivity index (χ1n) is 12.1. The largest absolute Gasteiger partial charge is 0.325 e. The van der Waals surface area contributed by atoms with Crippen molar-refractivity contribution in [2.75, 3.05) is 15.8 Å². The predicted octanol–water partition coefficient (Wildman–Crippen LogP) is 5.02. The van der Waals surface area contributed by atoms with Gasteiger partial charge in [0.25, 0.3) is 10.0 Å². The van der Waals surface area contributed by atoms with E-state index in [0.29, 0.717) is 28.6 Å². The fourth-order valence-corrected chi connectivity index (χ4v) is 6.54. The Morgan fingerprint density at radius 3 is 2.50 bits per heavy atom. The number of nitrogens with zero attached hydrogens (tertiary/aromatic N) is 5. The molecule has 10 nitrogen and oxygen atoms in total. The van der Waals surface area contributed by atoms with Gasteiger partial charge in [0.15, 0.2) is 10.8 Å². The maximum atomic E-state index is 12.6. The Morgan fingerprint density at radius 2 is 1.73 bits per heavy atom. The molecule has 1 amide bonds. The Balaban J connectivity index is 1.15. The Hall–Kier alpha value is -4.33. The number of anilines is 2. The molecule has 0 bridgehead atoms. The van der Waals surface area contributed by atoms with Crippen molar-refractivity contribution < 1.29 is 13.2 Å². The van der Waals surface area contributed by atoms with Gasteiger partial charge in [-0.2, -0.15) is 0 Å². The van der Waals surface area contributed by atoms with Crippen LogP contribution in [0.5, 0.6) is 0 Å². The fraction of sp³-hybridized carbons (Fsp3) is 0.0741. The zero-order chi connectivity index (χ0) is 27.5. The van der Waals surface area contributed by atoms with E-state index < -0.39 is 10.0 Å². The van der Waals surface area contributed by atoms with Gasteiger partial charge in [0, 0.05) is 29.2 Å². The van der Waals surface area contributed by atoms with Crippen molar-refractivity contribution in [3.63, 3.8) is 0 Å². The van der Waals surface area contributed by atoms with E-state index in [4.69, 9.17) is 4.98 Å². The van der Waals surface area contributed by atoms with Crippen molar-refractivity contribution in [2.24, 2.45) is 0 Å². The molecule has 0 aliphatic rings. The van der Waals surface area contributed by atoms with Crippen LogP contribution in [0.2, 0.25) is 0 Å². The second-order valence-corrected chi connectivity index (χ2v) is 12.2. The van der Waals surface area contributed by atoms with Crippen LogP contribution in [-0.4, -0.2) is 44.8 Å². The molecule has 3 aromatic heterocycles. The van der Waals surface area contributed by atoms with Crippen molar-refractivity contribution in [2.45, 2.75) is 16.6 Å². The summed E-state index contributed by atoms with van der Waals surface area (Å²) in [5.74, 6) is -0.229. The van der Waals surface area contributed by atoms with Crippen LogP contribution in [0.4, 0.5) is 10.8 Å². The Labute approximate surface area is 237 Å². The van der Waals surface area contributed by atoms with Crippen LogP contribution in [-0.2, 0) is 21.4 Å². The number of para-hydroxylation sites is 1. The summed E-state index contributed by atoms with van der Waals surface area (Å²) < 4.78 is 29.6. The summed E-state index contributed by atoms with van der Waals surface area (Å²) in [4.78, 5) is 21.4. The molecular formula is C27H21N7O3S3. The van der Waals surface area contributed by atoms with Crippen LogP contribution < -0.4 is 10.0 Å². The summed E-state index contributed by atoms with van der Waals surface area (Å²) in [5, 5.41) is 14.8. The first-order chi connectivity index (χ1) is 19.5. The summed E-state index contributed by atoms with van der Waals surface area (Å²) in [6.45, 7) is 0.624. The standard InChI is InChI=1S/C27H21N7O3S3/c35-23(29-19-10-12-20(13-11-19)40(36,37)33-26-28-14-15-38-26)17-39-27-30-25-24(31-32-27)21-8-4-5-9-22(21)34(25)16-18-6-2-1-3-7-18/h1-15H,16-17H2,(H,28,33)(H,29,35). The minimum absolute atomic E-state index is 0.0533. The molecular weight excluding hydrogens is 567 g/mol. The van der Waals surface area contributed by atoms with Crippen molar-refractivity contribution in [1.82, 2.24) is 24.7 Å². The van der Waals surface area contributed by atoms with Gasteiger partial charge >= 0.3 is 0 Å². The van der Waals surface area contributed by atoms with E-state index in [2.05, 4.69) is 41.9 Å². The molecule has 2 N–H and O–H groups in total. The molecule has 13 heteroatoms. The Kier molecular flexibility index (Phi) is 7.15. The number of thiazole rings is 1. The number of amides is 1. The van der Waals surface area contributed by atoms with E-state index in [-0.39, 0.29) is 21.7 Å². The number of aromatic nitrogens is 5. The SMILES string of the molecule is O=C(CSc1nnc2c3ccccc3n(Cc3ccccc3)c2n1)Nc1ccc(S(=O)(=O)Nc2nccs2)cc1. The van der Waals surface area contributed by atoms with Gasteiger partial charge in [0.2, 0.25) is 11.1 Å². The van der Waals surface area contributed by atoms with Gasteiger partial charge in [-0.25, -0.2) is 18.4 Å². The Morgan fingerprint density at radius 1 is 0.950 bits per heavy atom. The average molecular weight is 588 g/mol. The molecule has 0 radical (unpaired) electrons. The van der Waals surface area contributed by atoms with Crippen molar-refractivity contribution in [1.29, 1.82) is 0 Å². The summed E-state index contributed by atoms with van der Waals surface area (Å²) in [6.07, 6.45) is 1.52. The number of nitrogens with one attached hydrogen (secondary N) is 2. The number of fused-ring (bicyclic) bond motifs is 3. The third-order valence-corrected chi connectivity index (χ3v) is 8.98. The van der Waals surface area contributed by atoms with Crippen LogP contribution in [0, 0.1) is 0 Å². The highest BCUT2D eigenvalue weighted by Crippen LogP contribution is 2.28. The first kappa shape index (κ1) is 25.9. The molecule has 0 saturated heterocycles. The van der Waals surface area contributed by atoms with Crippen LogP contribution >= 0.6 is 23.1 Å². The average Bonchev–Trinajstić information content (AvgIpc) is 3.58. The van der Waals surface area contributed by atoms with E-state index in [1.54, 1.807) is 5.38 Å². The van der Waals surface area contributed by atoms with Crippen LogP contribution in [0.25, 0.3) is 22.1 Å². The molecule has 0 aliphatic heterocycles. The van der Waals surface area contributed by atoms with Crippen molar-refractivity contribution >= 4 is 71.9 Å². The van der Waals surface area contributed by atoms with E-state index >= 15 is 0 Å². The normalized spacial score (nSPS) is 11.6.